The maximum absolute atomic E-state index is 3.31. The molecule has 1 nitrogen and oxygen atoms in total. The van der Waals surface area contributed by atoms with Crippen LogP contribution in [0.3, 0.4) is 0 Å². The molecule has 1 heteroatoms. The predicted octanol–water partition coefficient (Wildman–Crippen LogP) is 2.08. The molecule has 0 aromatic rings. The summed E-state index contributed by atoms with van der Waals surface area (Å²) in [5.74, 6) is 0.678. The van der Waals surface area contributed by atoms with E-state index >= 15 is 0 Å². The number of hydrogen-bond acceptors (Lipinski definition) is 1. The van der Waals surface area contributed by atoms with Gasteiger partial charge in [0.25, 0.3) is 0 Å². The fraction of sp³-hybridized carbons (Fsp3) is 0.556. The number of allylic oxidation sites excluding steroid dienone is 3. The second kappa shape index (κ2) is 2.91. The first-order valence-electron chi connectivity index (χ1n) is 3.81. The van der Waals surface area contributed by atoms with Gasteiger partial charge in [-0.25, -0.2) is 0 Å². The molecule has 56 valence electrons. The maximum Gasteiger partial charge on any atom is 0.0362 e. The van der Waals surface area contributed by atoms with Crippen molar-refractivity contribution in [1.82, 2.24) is 5.32 Å². The van der Waals surface area contributed by atoms with E-state index in [2.05, 4.69) is 38.2 Å². The maximum atomic E-state index is 3.31. The third kappa shape index (κ3) is 1.63. The van der Waals surface area contributed by atoms with E-state index in [1.54, 1.807) is 0 Å². The number of nitrogens with one attached hydrogen (secondary N) is 1. The molecule has 1 aliphatic heterocycles. The zero-order valence-electron chi connectivity index (χ0n) is 6.94. The largest absolute Gasteiger partial charge is 0.385 e. The molecule has 0 saturated carbocycles. The topological polar surface area (TPSA) is 12.0 Å². The minimum Gasteiger partial charge on any atom is -0.385 e. The normalized spacial score (nSPS) is 18.0. The van der Waals surface area contributed by atoms with E-state index < -0.39 is 0 Å². The Kier molecular flexibility index (Phi) is 2.15. The molecule has 0 amide bonds. The van der Waals surface area contributed by atoms with Crippen LogP contribution >= 0.6 is 0 Å². The molecule has 0 saturated heterocycles. The molecule has 0 aromatic carbocycles. The minimum absolute atomic E-state index is 0.678. The standard InChI is InChI=1S/C9H15N/c1-7(2)9-5-4-8(3)10-6-9/h4-5,7,10H,6H2,1-3H3. The molecule has 1 rings (SSSR count). The summed E-state index contributed by atoms with van der Waals surface area (Å²) in [6.07, 6.45) is 4.36. The molecule has 0 spiro atoms. The average molecular weight is 137 g/mol. The lowest BCUT2D eigenvalue weighted by Crippen LogP contribution is -2.20. The van der Waals surface area contributed by atoms with Gasteiger partial charge in [0.1, 0.15) is 0 Å². The summed E-state index contributed by atoms with van der Waals surface area (Å²) < 4.78 is 0. The van der Waals surface area contributed by atoms with Gasteiger partial charge in [-0.1, -0.05) is 19.9 Å². The van der Waals surface area contributed by atoms with E-state index in [0.29, 0.717) is 5.92 Å². The Morgan fingerprint density at radius 1 is 1.40 bits per heavy atom. The monoisotopic (exact) mass is 137 g/mol. The first-order valence-corrected chi connectivity index (χ1v) is 3.81. The summed E-state index contributed by atoms with van der Waals surface area (Å²) in [6, 6.07) is 0. The quantitative estimate of drug-likeness (QED) is 0.583. The summed E-state index contributed by atoms with van der Waals surface area (Å²) in [4.78, 5) is 0. The van der Waals surface area contributed by atoms with Crippen molar-refractivity contribution in [2.24, 2.45) is 5.92 Å². The van der Waals surface area contributed by atoms with Gasteiger partial charge in [0.2, 0.25) is 0 Å². The molecule has 0 aliphatic carbocycles. The van der Waals surface area contributed by atoms with Gasteiger partial charge in [0, 0.05) is 12.2 Å². The summed E-state index contributed by atoms with van der Waals surface area (Å²) >= 11 is 0. The number of rotatable bonds is 1. The van der Waals surface area contributed by atoms with Gasteiger partial charge in [-0.2, -0.15) is 0 Å². The third-order valence-electron chi connectivity index (χ3n) is 1.86. The third-order valence-corrected chi connectivity index (χ3v) is 1.86. The van der Waals surface area contributed by atoms with Crippen LogP contribution in [0.5, 0.6) is 0 Å². The second-order valence-corrected chi connectivity index (χ2v) is 3.10. The number of hydrogen-bond donors (Lipinski definition) is 1. The molecule has 0 fully saturated rings. The molecular formula is C9H15N. The van der Waals surface area contributed by atoms with Crippen molar-refractivity contribution in [2.75, 3.05) is 6.54 Å². The van der Waals surface area contributed by atoms with Crippen molar-refractivity contribution >= 4 is 0 Å². The van der Waals surface area contributed by atoms with Gasteiger partial charge >= 0.3 is 0 Å². The van der Waals surface area contributed by atoms with E-state index in [4.69, 9.17) is 0 Å². The Bertz CT molecular complexity index is 175. The van der Waals surface area contributed by atoms with Crippen LogP contribution in [0.1, 0.15) is 20.8 Å². The van der Waals surface area contributed by atoms with E-state index in [1.807, 2.05) is 0 Å². The highest BCUT2D eigenvalue weighted by Crippen LogP contribution is 2.12. The van der Waals surface area contributed by atoms with Crippen LogP contribution in [-0.4, -0.2) is 6.54 Å². The van der Waals surface area contributed by atoms with E-state index in [1.165, 1.54) is 11.3 Å². The van der Waals surface area contributed by atoms with Crippen LogP contribution in [0.4, 0.5) is 0 Å². The van der Waals surface area contributed by atoms with Crippen LogP contribution in [0.25, 0.3) is 0 Å². The van der Waals surface area contributed by atoms with Crippen molar-refractivity contribution in [1.29, 1.82) is 0 Å². The van der Waals surface area contributed by atoms with Crippen molar-refractivity contribution in [3.63, 3.8) is 0 Å². The highest BCUT2D eigenvalue weighted by Gasteiger charge is 2.04. The van der Waals surface area contributed by atoms with Crippen molar-refractivity contribution in [3.8, 4) is 0 Å². The Hall–Kier alpha value is -0.720. The average Bonchev–Trinajstić information content (AvgIpc) is 1.88. The Morgan fingerprint density at radius 3 is 2.50 bits per heavy atom. The molecule has 1 heterocycles. The van der Waals surface area contributed by atoms with Gasteiger partial charge in [0.15, 0.2) is 0 Å². The lowest BCUT2D eigenvalue weighted by atomic mass is 10.0. The van der Waals surface area contributed by atoms with Gasteiger partial charge in [-0.15, -0.1) is 0 Å². The first kappa shape index (κ1) is 7.39. The fourth-order valence-electron chi connectivity index (χ4n) is 0.988. The summed E-state index contributed by atoms with van der Waals surface area (Å²) in [6.45, 7) is 7.57. The van der Waals surface area contributed by atoms with Gasteiger partial charge in [-0.3, -0.25) is 0 Å². The van der Waals surface area contributed by atoms with E-state index in [9.17, 15) is 0 Å². The summed E-state index contributed by atoms with van der Waals surface area (Å²) in [5, 5.41) is 3.31. The molecule has 0 bridgehead atoms. The summed E-state index contributed by atoms with van der Waals surface area (Å²) in [7, 11) is 0. The molecular weight excluding hydrogens is 122 g/mol. The first-order chi connectivity index (χ1) is 4.70. The van der Waals surface area contributed by atoms with Crippen LogP contribution in [0.15, 0.2) is 23.4 Å². The Labute approximate surface area is 62.8 Å². The SMILES string of the molecule is CC1=CC=C(C(C)C)CN1. The Balaban J connectivity index is 2.64. The van der Waals surface area contributed by atoms with Crippen molar-refractivity contribution < 1.29 is 0 Å². The molecule has 1 N–H and O–H groups in total. The van der Waals surface area contributed by atoms with Crippen molar-refractivity contribution in [3.05, 3.63) is 23.4 Å². The van der Waals surface area contributed by atoms with E-state index in [-0.39, 0.29) is 0 Å². The van der Waals surface area contributed by atoms with Crippen LogP contribution in [0, 0.1) is 5.92 Å². The molecule has 0 atom stereocenters. The molecule has 0 aromatic heterocycles. The zero-order chi connectivity index (χ0) is 7.56. The lowest BCUT2D eigenvalue weighted by Gasteiger charge is -2.16. The molecule has 0 radical (unpaired) electrons. The van der Waals surface area contributed by atoms with Crippen LogP contribution in [0.2, 0.25) is 0 Å². The molecule has 1 aliphatic rings. The minimum atomic E-state index is 0.678. The second-order valence-electron chi connectivity index (χ2n) is 3.10. The zero-order valence-corrected chi connectivity index (χ0v) is 6.94. The van der Waals surface area contributed by atoms with Gasteiger partial charge in [0.05, 0.1) is 0 Å². The van der Waals surface area contributed by atoms with Gasteiger partial charge in [-0.05, 0) is 24.5 Å². The smallest absolute Gasteiger partial charge is 0.0362 e. The number of dihydropyridines is 1. The summed E-state index contributed by atoms with van der Waals surface area (Å²) in [5.41, 5.74) is 2.76. The van der Waals surface area contributed by atoms with Crippen LogP contribution < -0.4 is 5.32 Å². The molecule has 10 heavy (non-hydrogen) atoms. The Morgan fingerprint density at radius 2 is 2.10 bits per heavy atom. The van der Waals surface area contributed by atoms with Crippen molar-refractivity contribution in [2.45, 2.75) is 20.8 Å². The lowest BCUT2D eigenvalue weighted by molar-refractivity contribution is 0.697. The fourth-order valence-corrected chi connectivity index (χ4v) is 0.988. The van der Waals surface area contributed by atoms with E-state index in [0.717, 1.165) is 6.54 Å². The highest BCUT2D eigenvalue weighted by molar-refractivity contribution is 5.23. The van der Waals surface area contributed by atoms with Gasteiger partial charge < -0.3 is 5.32 Å². The highest BCUT2D eigenvalue weighted by atomic mass is 14.9. The molecule has 0 unspecified atom stereocenters. The van der Waals surface area contributed by atoms with Crippen LogP contribution in [-0.2, 0) is 0 Å². The predicted molar refractivity (Wildman–Crippen MR) is 44.7 cm³/mol.